The van der Waals surface area contributed by atoms with Gasteiger partial charge in [0.1, 0.15) is 0 Å². The molecule has 0 bridgehead atoms. The molecule has 1 spiro atoms. The van der Waals surface area contributed by atoms with Gasteiger partial charge in [-0.1, -0.05) is 36.4 Å². The number of hydrogen-bond donors (Lipinski definition) is 1. The highest BCUT2D eigenvalue weighted by Gasteiger charge is 2.44. The van der Waals surface area contributed by atoms with Crippen LogP contribution in [0.15, 0.2) is 42.0 Å². The van der Waals surface area contributed by atoms with E-state index in [0.29, 0.717) is 13.1 Å². The molecule has 3 nitrogen and oxygen atoms in total. The number of nitrogens with zero attached hydrogens (tertiary/aromatic N) is 1. The van der Waals surface area contributed by atoms with Crippen molar-refractivity contribution in [2.45, 2.75) is 43.3 Å². The topological polar surface area (TPSA) is 32.3 Å². The van der Waals surface area contributed by atoms with Crippen LogP contribution in [0.2, 0.25) is 0 Å². The summed E-state index contributed by atoms with van der Waals surface area (Å²) in [6.07, 6.45) is 2.27. The van der Waals surface area contributed by atoms with Crippen molar-refractivity contribution >= 4 is 5.91 Å². The Morgan fingerprint density at radius 1 is 1.31 bits per heavy atom. The third kappa shape index (κ3) is 2.86. The summed E-state index contributed by atoms with van der Waals surface area (Å²) < 4.78 is 39.2. The highest BCUT2D eigenvalue weighted by Crippen LogP contribution is 2.44. The second kappa shape index (κ2) is 5.98. The largest absolute Gasteiger partial charge is 0.412 e. The van der Waals surface area contributed by atoms with Gasteiger partial charge in [0, 0.05) is 25.0 Å². The SMILES string of the molecule is CN1CN[C@@]2(CCc3ccc(C4C=CC=C(C(F)(F)F)C4)cc32)CC1=O. The summed E-state index contributed by atoms with van der Waals surface area (Å²) >= 11 is 0. The van der Waals surface area contributed by atoms with Crippen LogP contribution < -0.4 is 5.32 Å². The first-order valence-electron chi connectivity index (χ1n) is 8.85. The molecule has 6 heteroatoms. The standard InChI is InChI=1S/C20H21F3N2O/c1-25-12-24-19(11-18(25)26)8-7-13-5-6-15(10-17(13)19)14-3-2-4-16(9-14)20(21,22)23/h2-6,10,14,24H,7-9,11-12H2,1H3/t14?,19-/m0/s1. The summed E-state index contributed by atoms with van der Waals surface area (Å²) in [5.41, 5.74) is 2.27. The number of nitrogens with one attached hydrogen (secondary N) is 1. The number of carbonyl (C=O) groups is 1. The fraction of sp³-hybridized carbons (Fsp3) is 0.450. The zero-order valence-corrected chi connectivity index (χ0v) is 14.6. The molecule has 1 aromatic rings. The van der Waals surface area contributed by atoms with Gasteiger partial charge in [0.25, 0.3) is 0 Å². The average Bonchev–Trinajstić information content (AvgIpc) is 2.96. The number of carbonyl (C=O) groups excluding carboxylic acids is 1. The van der Waals surface area contributed by atoms with E-state index in [9.17, 15) is 18.0 Å². The Labute approximate surface area is 150 Å². The molecule has 1 N–H and O–H groups in total. The van der Waals surface area contributed by atoms with Crippen LogP contribution in [0.3, 0.4) is 0 Å². The van der Waals surface area contributed by atoms with E-state index in [1.807, 2.05) is 24.3 Å². The molecule has 0 aromatic heterocycles. The maximum absolute atomic E-state index is 13.1. The van der Waals surface area contributed by atoms with Crippen molar-refractivity contribution < 1.29 is 18.0 Å². The quantitative estimate of drug-likeness (QED) is 0.825. The maximum atomic E-state index is 13.1. The Hall–Kier alpha value is -2.08. The Morgan fingerprint density at radius 3 is 2.85 bits per heavy atom. The lowest BCUT2D eigenvalue weighted by Gasteiger charge is -2.39. The third-order valence-corrected chi connectivity index (χ3v) is 5.88. The average molecular weight is 362 g/mol. The van der Waals surface area contributed by atoms with Crippen LogP contribution in [-0.4, -0.2) is 30.7 Å². The molecule has 1 heterocycles. The first-order chi connectivity index (χ1) is 12.3. The van der Waals surface area contributed by atoms with Crippen LogP contribution in [0.1, 0.15) is 41.9 Å². The summed E-state index contributed by atoms with van der Waals surface area (Å²) in [7, 11) is 1.77. The molecule has 3 aliphatic rings. The molecule has 1 amide bonds. The number of aryl methyl sites for hydroxylation is 1. The van der Waals surface area contributed by atoms with E-state index in [0.717, 1.165) is 30.0 Å². The van der Waals surface area contributed by atoms with Gasteiger partial charge in [-0.05, 0) is 36.0 Å². The molecule has 2 aliphatic carbocycles. The zero-order chi connectivity index (χ0) is 18.5. The summed E-state index contributed by atoms with van der Waals surface area (Å²) in [5, 5.41) is 3.49. The molecular weight excluding hydrogens is 341 g/mol. The van der Waals surface area contributed by atoms with Crippen molar-refractivity contribution in [1.29, 1.82) is 0 Å². The first-order valence-corrected chi connectivity index (χ1v) is 8.85. The lowest BCUT2D eigenvalue weighted by atomic mass is 9.82. The van der Waals surface area contributed by atoms with Gasteiger partial charge in [0.2, 0.25) is 5.91 Å². The fourth-order valence-electron chi connectivity index (χ4n) is 4.27. The van der Waals surface area contributed by atoms with Crippen molar-refractivity contribution in [3.05, 3.63) is 58.7 Å². The molecule has 138 valence electrons. The van der Waals surface area contributed by atoms with Crippen molar-refractivity contribution in [3.8, 4) is 0 Å². The molecule has 1 aromatic carbocycles. The minimum Gasteiger partial charge on any atom is -0.333 e. The van der Waals surface area contributed by atoms with Gasteiger partial charge in [-0.15, -0.1) is 0 Å². The molecule has 1 saturated heterocycles. The van der Waals surface area contributed by atoms with E-state index >= 15 is 0 Å². The van der Waals surface area contributed by atoms with Crippen molar-refractivity contribution in [3.63, 3.8) is 0 Å². The summed E-state index contributed by atoms with van der Waals surface area (Å²) in [5.74, 6) is -0.191. The molecule has 0 radical (unpaired) electrons. The lowest BCUT2D eigenvalue weighted by Crippen LogP contribution is -2.55. The lowest BCUT2D eigenvalue weighted by molar-refractivity contribution is -0.135. The smallest absolute Gasteiger partial charge is 0.333 e. The second-order valence-electron chi connectivity index (χ2n) is 7.49. The summed E-state index contributed by atoms with van der Waals surface area (Å²) in [6, 6.07) is 5.97. The van der Waals surface area contributed by atoms with Crippen LogP contribution in [0.5, 0.6) is 0 Å². The van der Waals surface area contributed by atoms with Crippen LogP contribution in [0.25, 0.3) is 0 Å². The van der Waals surface area contributed by atoms with Crippen molar-refractivity contribution in [2.24, 2.45) is 0 Å². The number of fused-ring (bicyclic) bond motifs is 2. The molecule has 2 atom stereocenters. The van der Waals surface area contributed by atoms with E-state index in [1.54, 1.807) is 11.9 Å². The Morgan fingerprint density at radius 2 is 2.12 bits per heavy atom. The number of hydrogen-bond acceptors (Lipinski definition) is 2. The molecule has 1 aliphatic heterocycles. The predicted molar refractivity (Wildman–Crippen MR) is 92.5 cm³/mol. The molecule has 1 unspecified atom stereocenters. The minimum atomic E-state index is -4.29. The zero-order valence-electron chi connectivity index (χ0n) is 14.6. The van der Waals surface area contributed by atoms with Gasteiger partial charge in [0.15, 0.2) is 0 Å². The molecule has 0 saturated carbocycles. The van der Waals surface area contributed by atoms with E-state index in [1.165, 1.54) is 11.6 Å². The Bertz CT molecular complexity index is 812. The Kier molecular flexibility index (Phi) is 3.99. The van der Waals surface area contributed by atoms with Gasteiger partial charge in [-0.3, -0.25) is 10.1 Å². The van der Waals surface area contributed by atoms with Crippen LogP contribution >= 0.6 is 0 Å². The van der Waals surface area contributed by atoms with Crippen LogP contribution in [-0.2, 0) is 16.8 Å². The van der Waals surface area contributed by atoms with Gasteiger partial charge >= 0.3 is 6.18 Å². The normalized spacial score (nSPS) is 28.5. The van der Waals surface area contributed by atoms with Crippen molar-refractivity contribution in [1.82, 2.24) is 10.2 Å². The monoisotopic (exact) mass is 362 g/mol. The molecular formula is C20H21F3N2O. The van der Waals surface area contributed by atoms with Gasteiger partial charge < -0.3 is 4.90 Å². The van der Waals surface area contributed by atoms with Gasteiger partial charge in [-0.25, -0.2) is 0 Å². The first kappa shape index (κ1) is 17.3. The summed E-state index contributed by atoms with van der Waals surface area (Å²) in [6.45, 7) is 0.493. The minimum absolute atomic E-state index is 0.0408. The molecule has 26 heavy (non-hydrogen) atoms. The number of amides is 1. The van der Waals surface area contributed by atoms with Gasteiger partial charge in [-0.2, -0.15) is 13.2 Å². The predicted octanol–water partition coefficient (Wildman–Crippen LogP) is 3.77. The number of benzene rings is 1. The second-order valence-corrected chi connectivity index (χ2v) is 7.49. The van der Waals surface area contributed by atoms with Gasteiger partial charge in [0.05, 0.1) is 12.2 Å². The highest BCUT2D eigenvalue weighted by molar-refractivity contribution is 5.79. The Balaban J connectivity index is 1.64. The van der Waals surface area contributed by atoms with Crippen molar-refractivity contribution in [2.75, 3.05) is 13.7 Å². The van der Waals surface area contributed by atoms with E-state index in [2.05, 4.69) is 5.32 Å². The fourth-order valence-corrected chi connectivity index (χ4v) is 4.27. The summed E-state index contributed by atoms with van der Waals surface area (Å²) in [4.78, 5) is 13.9. The number of allylic oxidation sites excluding steroid dienone is 4. The third-order valence-electron chi connectivity index (χ3n) is 5.88. The molecule has 4 rings (SSSR count). The number of halogens is 3. The van der Waals surface area contributed by atoms with E-state index in [4.69, 9.17) is 0 Å². The number of alkyl halides is 3. The number of rotatable bonds is 1. The maximum Gasteiger partial charge on any atom is 0.412 e. The van der Waals surface area contributed by atoms with Crippen LogP contribution in [0.4, 0.5) is 13.2 Å². The molecule has 1 fully saturated rings. The van der Waals surface area contributed by atoms with E-state index < -0.39 is 11.7 Å². The highest BCUT2D eigenvalue weighted by atomic mass is 19.4. The van der Waals surface area contributed by atoms with E-state index in [-0.39, 0.29) is 23.8 Å². The van der Waals surface area contributed by atoms with Crippen LogP contribution in [0, 0.1) is 0 Å².